The van der Waals surface area contributed by atoms with E-state index in [0.29, 0.717) is 66.9 Å². The highest BCUT2D eigenvalue weighted by Crippen LogP contribution is 2.38. The third-order valence-corrected chi connectivity index (χ3v) is 8.84. The molecule has 184 valence electrons. The second kappa shape index (κ2) is 10.6. The van der Waals surface area contributed by atoms with Crippen LogP contribution in [0.3, 0.4) is 0 Å². The van der Waals surface area contributed by atoms with Crippen molar-refractivity contribution >= 4 is 27.5 Å². The molecule has 0 aromatic heterocycles. The minimum absolute atomic E-state index is 0.0122. The highest BCUT2D eigenvalue weighted by Gasteiger charge is 2.43. The van der Waals surface area contributed by atoms with E-state index in [-0.39, 0.29) is 25.5 Å². The van der Waals surface area contributed by atoms with Crippen LogP contribution in [0.15, 0.2) is 53.4 Å². The van der Waals surface area contributed by atoms with Gasteiger partial charge < -0.3 is 14.4 Å². The Hall–Kier alpha value is -2.13. The normalized spacial score (nSPS) is 21.9. The topological polar surface area (TPSA) is 76.2 Å². The van der Waals surface area contributed by atoms with Gasteiger partial charge in [0, 0.05) is 43.0 Å². The number of hydrogen-bond acceptors (Lipinski definition) is 5. The van der Waals surface area contributed by atoms with Crippen LogP contribution in [0.4, 0.5) is 0 Å². The number of amides is 1. The molecule has 0 unspecified atom stereocenters. The van der Waals surface area contributed by atoms with Crippen LogP contribution < -0.4 is 4.74 Å². The monoisotopic (exact) mass is 506 g/mol. The molecule has 2 aromatic rings. The van der Waals surface area contributed by atoms with E-state index in [1.807, 2.05) is 11.0 Å². The molecule has 0 spiro atoms. The van der Waals surface area contributed by atoms with Crippen molar-refractivity contribution in [3.8, 4) is 5.75 Å². The molecule has 0 aliphatic carbocycles. The summed E-state index contributed by atoms with van der Waals surface area (Å²) in [5.74, 6) is 0.652. The number of piperidine rings is 1. The minimum atomic E-state index is -3.70. The summed E-state index contributed by atoms with van der Waals surface area (Å²) < 4.78 is 40.1. The summed E-state index contributed by atoms with van der Waals surface area (Å²) in [5, 5.41) is 0.609. The molecule has 2 heterocycles. The summed E-state index contributed by atoms with van der Waals surface area (Å²) in [7, 11) is -3.70. The van der Waals surface area contributed by atoms with Crippen LogP contribution >= 0.6 is 11.6 Å². The predicted octanol–water partition coefficient (Wildman–Crippen LogP) is 3.75. The van der Waals surface area contributed by atoms with Gasteiger partial charge in [0.15, 0.2) is 0 Å². The number of ether oxygens (including phenoxy) is 2. The van der Waals surface area contributed by atoms with Gasteiger partial charge in [-0.2, -0.15) is 4.31 Å². The molecule has 0 radical (unpaired) electrons. The average molecular weight is 507 g/mol. The summed E-state index contributed by atoms with van der Waals surface area (Å²) in [6.07, 6.45) is 1.59. The first-order valence-corrected chi connectivity index (χ1v) is 13.4. The van der Waals surface area contributed by atoms with Crippen molar-refractivity contribution in [2.24, 2.45) is 5.41 Å². The number of sulfonamides is 1. The number of halogens is 1. The smallest absolute Gasteiger partial charge is 0.243 e. The van der Waals surface area contributed by atoms with E-state index in [1.165, 1.54) is 4.31 Å². The Morgan fingerprint density at radius 3 is 2.50 bits per heavy atom. The molecule has 2 aliphatic rings. The van der Waals surface area contributed by atoms with Gasteiger partial charge >= 0.3 is 0 Å². The standard InChI is InChI=1S/C25H31ClN2O5S/c1-20-5-2-3-6-23(20)34(30,31)28-12-4-11-25(18-28,17-24(29)27-13-15-32-16-14-27)19-33-22-9-7-21(26)8-10-22/h2-3,5-10H,4,11-19H2,1H3/t25-/m0/s1. The molecule has 1 amide bonds. The van der Waals surface area contributed by atoms with Crippen LogP contribution in [0.25, 0.3) is 0 Å². The van der Waals surface area contributed by atoms with Crippen LogP contribution in [0.1, 0.15) is 24.8 Å². The minimum Gasteiger partial charge on any atom is -0.493 e. The molecule has 0 N–H and O–H groups in total. The Morgan fingerprint density at radius 2 is 1.79 bits per heavy atom. The Bertz CT molecular complexity index is 1100. The Labute approximate surface area is 206 Å². The van der Waals surface area contributed by atoms with Gasteiger partial charge in [0.25, 0.3) is 0 Å². The fourth-order valence-electron chi connectivity index (χ4n) is 4.68. The van der Waals surface area contributed by atoms with Gasteiger partial charge in [0.05, 0.1) is 24.7 Å². The zero-order valence-electron chi connectivity index (χ0n) is 19.4. The van der Waals surface area contributed by atoms with Crippen molar-refractivity contribution in [1.82, 2.24) is 9.21 Å². The SMILES string of the molecule is Cc1ccccc1S(=O)(=O)N1CCC[C@](COc2ccc(Cl)cc2)(CC(=O)N2CCOCC2)C1. The number of aryl methyl sites for hydroxylation is 1. The lowest BCUT2D eigenvalue weighted by atomic mass is 9.78. The van der Waals surface area contributed by atoms with Gasteiger partial charge in [-0.1, -0.05) is 29.8 Å². The van der Waals surface area contributed by atoms with Gasteiger partial charge in [-0.3, -0.25) is 4.79 Å². The first-order chi connectivity index (χ1) is 16.3. The summed E-state index contributed by atoms with van der Waals surface area (Å²) in [4.78, 5) is 15.4. The highest BCUT2D eigenvalue weighted by atomic mass is 35.5. The molecular weight excluding hydrogens is 476 g/mol. The largest absolute Gasteiger partial charge is 0.493 e. The molecule has 34 heavy (non-hydrogen) atoms. The first-order valence-electron chi connectivity index (χ1n) is 11.6. The van der Waals surface area contributed by atoms with Crippen molar-refractivity contribution in [2.45, 2.75) is 31.1 Å². The van der Waals surface area contributed by atoms with Crippen molar-refractivity contribution in [3.63, 3.8) is 0 Å². The Balaban J connectivity index is 1.58. The number of carbonyl (C=O) groups excluding carboxylic acids is 1. The van der Waals surface area contributed by atoms with Gasteiger partial charge in [-0.05, 0) is 55.7 Å². The van der Waals surface area contributed by atoms with Crippen LogP contribution in [-0.4, -0.2) is 69.5 Å². The van der Waals surface area contributed by atoms with Crippen LogP contribution in [0, 0.1) is 12.3 Å². The van der Waals surface area contributed by atoms with Gasteiger partial charge in [0.1, 0.15) is 5.75 Å². The molecule has 2 aromatic carbocycles. The highest BCUT2D eigenvalue weighted by molar-refractivity contribution is 7.89. The lowest BCUT2D eigenvalue weighted by Crippen LogP contribution is -2.52. The Kier molecular flexibility index (Phi) is 7.82. The molecule has 9 heteroatoms. The second-order valence-corrected chi connectivity index (χ2v) is 11.5. The lowest BCUT2D eigenvalue weighted by Gasteiger charge is -2.42. The van der Waals surface area contributed by atoms with Crippen molar-refractivity contribution in [2.75, 3.05) is 46.0 Å². The lowest BCUT2D eigenvalue weighted by molar-refractivity contribution is -0.139. The number of nitrogens with zero attached hydrogens (tertiary/aromatic N) is 2. The van der Waals surface area contributed by atoms with E-state index < -0.39 is 15.4 Å². The summed E-state index contributed by atoms with van der Waals surface area (Å²) >= 11 is 5.99. The van der Waals surface area contributed by atoms with Crippen molar-refractivity contribution < 1.29 is 22.7 Å². The zero-order valence-corrected chi connectivity index (χ0v) is 21.0. The quantitative estimate of drug-likeness (QED) is 0.571. The van der Waals surface area contributed by atoms with E-state index in [1.54, 1.807) is 49.4 Å². The molecule has 7 nitrogen and oxygen atoms in total. The molecular formula is C25H31ClN2O5S. The summed E-state index contributed by atoms with van der Waals surface area (Å²) in [5.41, 5.74) is 0.0729. The summed E-state index contributed by atoms with van der Waals surface area (Å²) in [6, 6.07) is 14.1. The zero-order chi connectivity index (χ0) is 24.2. The fraction of sp³-hybridized carbons (Fsp3) is 0.480. The molecule has 2 saturated heterocycles. The number of benzene rings is 2. The number of morpholine rings is 1. The molecule has 2 aliphatic heterocycles. The van der Waals surface area contributed by atoms with E-state index >= 15 is 0 Å². The maximum absolute atomic E-state index is 13.6. The molecule has 2 fully saturated rings. The first kappa shape index (κ1) is 25.0. The molecule has 0 saturated carbocycles. The van der Waals surface area contributed by atoms with Crippen molar-refractivity contribution in [1.29, 1.82) is 0 Å². The van der Waals surface area contributed by atoms with Gasteiger partial charge in [-0.15, -0.1) is 0 Å². The predicted molar refractivity (Wildman–Crippen MR) is 131 cm³/mol. The van der Waals surface area contributed by atoms with E-state index in [4.69, 9.17) is 21.1 Å². The van der Waals surface area contributed by atoms with E-state index in [2.05, 4.69) is 0 Å². The third kappa shape index (κ3) is 5.74. The maximum atomic E-state index is 13.6. The average Bonchev–Trinajstić information content (AvgIpc) is 2.84. The van der Waals surface area contributed by atoms with E-state index in [0.717, 1.165) is 0 Å². The van der Waals surface area contributed by atoms with Gasteiger partial charge in [-0.25, -0.2) is 8.42 Å². The van der Waals surface area contributed by atoms with E-state index in [9.17, 15) is 13.2 Å². The van der Waals surface area contributed by atoms with Crippen LogP contribution in [0.5, 0.6) is 5.75 Å². The van der Waals surface area contributed by atoms with Crippen molar-refractivity contribution in [3.05, 3.63) is 59.1 Å². The second-order valence-electron chi connectivity index (χ2n) is 9.12. The summed E-state index contributed by atoms with van der Waals surface area (Å²) in [6.45, 7) is 4.84. The van der Waals surface area contributed by atoms with Gasteiger partial charge in [0.2, 0.25) is 15.9 Å². The molecule has 4 rings (SSSR count). The van der Waals surface area contributed by atoms with Crippen LogP contribution in [0.2, 0.25) is 5.02 Å². The fourth-order valence-corrected chi connectivity index (χ4v) is 6.62. The number of carbonyl (C=O) groups is 1. The Morgan fingerprint density at radius 1 is 1.09 bits per heavy atom. The number of hydrogen-bond donors (Lipinski definition) is 0. The molecule has 0 bridgehead atoms. The van der Waals surface area contributed by atoms with Crippen LogP contribution in [-0.2, 0) is 19.6 Å². The molecule has 1 atom stereocenters. The number of rotatable bonds is 7. The maximum Gasteiger partial charge on any atom is 0.243 e. The third-order valence-electron chi connectivity index (χ3n) is 6.59.